The van der Waals surface area contributed by atoms with E-state index in [9.17, 15) is 0 Å². The Balaban J connectivity index is 1.99. The molecule has 1 heterocycles. The molecule has 0 aromatic heterocycles. The van der Waals surface area contributed by atoms with Gasteiger partial charge in [0.15, 0.2) is 0 Å². The second-order valence-corrected chi connectivity index (χ2v) is 3.86. The van der Waals surface area contributed by atoms with E-state index in [0.29, 0.717) is 0 Å². The maximum Gasteiger partial charge on any atom is 0.000959 e. The lowest BCUT2D eigenvalue weighted by Gasteiger charge is -2.26. The van der Waals surface area contributed by atoms with Crippen LogP contribution in [0.25, 0.3) is 0 Å². The Kier molecular flexibility index (Phi) is 1.10. The third-order valence-corrected chi connectivity index (χ3v) is 2.85. The fourth-order valence-corrected chi connectivity index (χ4v) is 2.28. The lowest BCUT2D eigenvalue weighted by molar-refractivity contribution is 0.210. The highest BCUT2D eigenvalue weighted by Gasteiger charge is 2.44. The molecule has 52 valence electrons. The van der Waals surface area contributed by atoms with Gasteiger partial charge in [0.2, 0.25) is 0 Å². The molecule has 0 radical (unpaired) electrons. The minimum atomic E-state index is 0.980. The molecule has 2 aliphatic rings. The Hall–Kier alpha value is -0.0400. The number of hydrogen-bond acceptors (Lipinski definition) is 1. The average Bonchev–Trinajstić information content (AvgIpc) is 2.43. The van der Waals surface area contributed by atoms with Crippen LogP contribution < -0.4 is 0 Å². The van der Waals surface area contributed by atoms with Gasteiger partial charge in [0.1, 0.15) is 0 Å². The Morgan fingerprint density at radius 1 is 1.33 bits per heavy atom. The summed E-state index contributed by atoms with van der Waals surface area (Å²) < 4.78 is 0. The predicted octanol–water partition coefficient (Wildman–Crippen LogP) is 1.20. The van der Waals surface area contributed by atoms with Gasteiger partial charge in [0, 0.05) is 13.1 Å². The second kappa shape index (κ2) is 1.72. The van der Waals surface area contributed by atoms with Crippen molar-refractivity contribution in [2.24, 2.45) is 17.8 Å². The van der Waals surface area contributed by atoms with E-state index in [2.05, 4.69) is 18.9 Å². The summed E-state index contributed by atoms with van der Waals surface area (Å²) in [5.74, 6) is 3.17. The van der Waals surface area contributed by atoms with Gasteiger partial charge >= 0.3 is 0 Å². The third-order valence-electron chi connectivity index (χ3n) is 2.85. The quantitative estimate of drug-likeness (QED) is 0.470. The number of hydrogen-bond donors (Lipinski definition) is 0. The molecule has 2 fully saturated rings. The minimum absolute atomic E-state index is 0.980. The van der Waals surface area contributed by atoms with E-state index < -0.39 is 0 Å². The molecule has 2 rings (SSSR count). The predicted molar refractivity (Wildman–Crippen MR) is 38.3 cm³/mol. The molecular weight excluding hydrogens is 110 g/mol. The molecule has 1 saturated carbocycles. The first-order chi connectivity index (χ1) is 4.27. The first kappa shape index (κ1) is 5.72. The van der Waals surface area contributed by atoms with Crippen molar-refractivity contribution in [1.82, 2.24) is 4.90 Å². The highest BCUT2D eigenvalue weighted by molar-refractivity contribution is 4.95. The van der Waals surface area contributed by atoms with E-state index in [1.165, 1.54) is 19.5 Å². The van der Waals surface area contributed by atoms with Crippen LogP contribution in [0.5, 0.6) is 0 Å². The van der Waals surface area contributed by atoms with Crippen molar-refractivity contribution in [1.29, 1.82) is 0 Å². The summed E-state index contributed by atoms with van der Waals surface area (Å²) in [7, 11) is 2.24. The van der Waals surface area contributed by atoms with Crippen LogP contribution >= 0.6 is 0 Å². The molecule has 0 amide bonds. The fourth-order valence-electron chi connectivity index (χ4n) is 2.28. The summed E-state index contributed by atoms with van der Waals surface area (Å²) in [5, 5.41) is 0. The van der Waals surface area contributed by atoms with Crippen molar-refractivity contribution >= 4 is 0 Å². The van der Waals surface area contributed by atoms with Crippen LogP contribution in [-0.2, 0) is 0 Å². The van der Waals surface area contributed by atoms with Crippen molar-refractivity contribution in [3.05, 3.63) is 0 Å². The van der Waals surface area contributed by atoms with Gasteiger partial charge in [-0.1, -0.05) is 6.92 Å². The molecule has 1 saturated heterocycles. The second-order valence-electron chi connectivity index (χ2n) is 3.86. The standard InChI is InChI=1S/C8H15N/c1-6-4-9(2)5-7-3-8(6)7/h6-8H,3-5H2,1-2H3/t6-,7?,8?/m1/s1. The molecule has 1 aliphatic carbocycles. The normalized spacial score (nSPS) is 50.7. The minimum Gasteiger partial charge on any atom is -0.306 e. The SMILES string of the molecule is C[C@@H]1CN(C)CC2CC21. The maximum atomic E-state index is 2.47. The van der Waals surface area contributed by atoms with Crippen LogP contribution in [0.4, 0.5) is 0 Å². The van der Waals surface area contributed by atoms with Crippen molar-refractivity contribution in [2.45, 2.75) is 13.3 Å². The Bertz CT molecular complexity index is 122. The summed E-state index contributed by atoms with van der Waals surface area (Å²) in [5.41, 5.74) is 0. The van der Waals surface area contributed by atoms with Gasteiger partial charge in [-0.05, 0) is 31.2 Å². The maximum absolute atomic E-state index is 2.47. The van der Waals surface area contributed by atoms with Crippen molar-refractivity contribution in [3.63, 3.8) is 0 Å². The van der Waals surface area contributed by atoms with Crippen LogP contribution in [0, 0.1) is 17.8 Å². The Labute approximate surface area is 57.0 Å². The van der Waals surface area contributed by atoms with Gasteiger partial charge in [0.25, 0.3) is 0 Å². The van der Waals surface area contributed by atoms with Gasteiger partial charge in [0.05, 0.1) is 0 Å². The molecule has 1 aliphatic heterocycles. The van der Waals surface area contributed by atoms with Crippen molar-refractivity contribution in [2.75, 3.05) is 20.1 Å². The molecule has 0 aromatic rings. The third kappa shape index (κ3) is 0.877. The molecule has 2 unspecified atom stereocenters. The molecule has 1 nitrogen and oxygen atoms in total. The van der Waals surface area contributed by atoms with Crippen molar-refractivity contribution < 1.29 is 0 Å². The van der Waals surface area contributed by atoms with Crippen LogP contribution in [0.3, 0.4) is 0 Å². The van der Waals surface area contributed by atoms with Crippen LogP contribution in [0.2, 0.25) is 0 Å². The average molecular weight is 125 g/mol. The van der Waals surface area contributed by atoms with Gasteiger partial charge in [-0.25, -0.2) is 0 Å². The highest BCUT2D eigenvalue weighted by atomic mass is 15.1. The van der Waals surface area contributed by atoms with E-state index in [1.54, 1.807) is 0 Å². The molecule has 0 spiro atoms. The molecule has 1 heteroatoms. The zero-order chi connectivity index (χ0) is 6.43. The largest absolute Gasteiger partial charge is 0.306 e. The molecule has 9 heavy (non-hydrogen) atoms. The van der Waals surface area contributed by atoms with Crippen molar-refractivity contribution in [3.8, 4) is 0 Å². The molecule has 0 N–H and O–H groups in total. The molecule has 3 atom stereocenters. The lowest BCUT2D eigenvalue weighted by Crippen LogP contribution is -2.32. The first-order valence-corrected chi connectivity index (χ1v) is 3.96. The van der Waals surface area contributed by atoms with E-state index in [0.717, 1.165) is 17.8 Å². The zero-order valence-corrected chi connectivity index (χ0v) is 6.30. The van der Waals surface area contributed by atoms with E-state index in [-0.39, 0.29) is 0 Å². The van der Waals surface area contributed by atoms with Crippen LogP contribution in [0.15, 0.2) is 0 Å². The van der Waals surface area contributed by atoms with E-state index in [4.69, 9.17) is 0 Å². The fraction of sp³-hybridized carbons (Fsp3) is 1.00. The zero-order valence-electron chi connectivity index (χ0n) is 6.30. The summed E-state index contributed by atoms with van der Waals surface area (Å²) in [6.45, 7) is 5.09. The number of piperidine rings is 1. The number of likely N-dealkylation sites (tertiary alicyclic amines) is 1. The van der Waals surface area contributed by atoms with Crippen LogP contribution in [-0.4, -0.2) is 25.0 Å². The molecule has 0 aromatic carbocycles. The number of fused-ring (bicyclic) bond motifs is 1. The van der Waals surface area contributed by atoms with Gasteiger partial charge in [-0.3, -0.25) is 0 Å². The molecule has 0 bridgehead atoms. The first-order valence-electron chi connectivity index (χ1n) is 3.96. The lowest BCUT2D eigenvalue weighted by atomic mass is 10.0. The smallest absolute Gasteiger partial charge is 0.000959 e. The molecular formula is C8H15N. The van der Waals surface area contributed by atoms with Gasteiger partial charge < -0.3 is 4.90 Å². The Morgan fingerprint density at radius 2 is 2.11 bits per heavy atom. The Morgan fingerprint density at radius 3 is 2.78 bits per heavy atom. The number of nitrogens with zero attached hydrogens (tertiary/aromatic N) is 1. The topological polar surface area (TPSA) is 3.24 Å². The van der Waals surface area contributed by atoms with E-state index >= 15 is 0 Å². The summed E-state index contributed by atoms with van der Waals surface area (Å²) in [4.78, 5) is 2.47. The van der Waals surface area contributed by atoms with Gasteiger partial charge in [-0.2, -0.15) is 0 Å². The highest BCUT2D eigenvalue weighted by Crippen LogP contribution is 2.47. The monoisotopic (exact) mass is 125 g/mol. The summed E-state index contributed by atoms with van der Waals surface area (Å²) in [6, 6.07) is 0. The summed E-state index contributed by atoms with van der Waals surface area (Å²) >= 11 is 0. The van der Waals surface area contributed by atoms with Crippen LogP contribution in [0.1, 0.15) is 13.3 Å². The number of rotatable bonds is 0. The van der Waals surface area contributed by atoms with Gasteiger partial charge in [-0.15, -0.1) is 0 Å². The van der Waals surface area contributed by atoms with E-state index in [1.807, 2.05) is 0 Å². The summed E-state index contributed by atoms with van der Waals surface area (Å²) in [6.07, 6.45) is 1.52.